The molecule has 0 aromatic rings. The van der Waals surface area contributed by atoms with Crippen molar-refractivity contribution in [2.24, 2.45) is 5.92 Å². The first kappa shape index (κ1) is 13.3. The maximum atomic E-state index is 13.5. The minimum atomic E-state index is -2.39. The van der Waals surface area contributed by atoms with E-state index in [1.54, 1.807) is 0 Å². The van der Waals surface area contributed by atoms with Crippen LogP contribution in [0.2, 0.25) is 0 Å². The number of fused-ring (bicyclic) bond motifs is 2. The Hall–Kier alpha value is 0.300. The van der Waals surface area contributed by atoms with Crippen molar-refractivity contribution < 1.29 is 8.78 Å². The van der Waals surface area contributed by atoms with Crippen LogP contribution in [-0.4, -0.2) is 34.3 Å². The lowest BCUT2D eigenvalue weighted by Gasteiger charge is -2.40. The summed E-state index contributed by atoms with van der Waals surface area (Å²) in [5.41, 5.74) is 0. The number of nitrogens with zero attached hydrogens (tertiary/aromatic N) is 1. The van der Waals surface area contributed by atoms with Gasteiger partial charge < -0.3 is 0 Å². The molecule has 0 N–H and O–H groups in total. The van der Waals surface area contributed by atoms with Gasteiger partial charge in [-0.05, 0) is 44.4 Å². The van der Waals surface area contributed by atoms with Gasteiger partial charge in [-0.15, -0.1) is 0 Å². The van der Waals surface area contributed by atoms with Gasteiger partial charge in [0.15, 0.2) is 0 Å². The van der Waals surface area contributed by atoms with Crippen LogP contribution >= 0.6 is 15.9 Å². The lowest BCUT2D eigenvalue weighted by atomic mass is 9.85. The van der Waals surface area contributed by atoms with Gasteiger partial charge in [0.25, 0.3) is 0 Å². The summed E-state index contributed by atoms with van der Waals surface area (Å²) >= 11 is 3.73. The Balaban J connectivity index is 1.60. The van der Waals surface area contributed by atoms with Gasteiger partial charge in [0.2, 0.25) is 5.92 Å². The molecule has 3 unspecified atom stereocenters. The van der Waals surface area contributed by atoms with Crippen molar-refractivity contribution in [1.29, 1.82) is 0 Å². The fourth-order valence-electron chi connectivity index (χ4n) is 4.24. The van der Waals surface area contributed by atoms with Crippen LogP contribution in [-0.2, 0) is 0 Å². The van der Waals surface area contributed by atoms with Crippen LogP contribution < -0.4 is 0 Å². The molecule has 0 amide bonds. The van der Waals surface area contributed by atoms with Gasteiger partial charge in [-0.1, -0.05) is 15.9 Å². The number of alkyl halides is 3. The number of hydrogen-bond acceptors (Lipinski definition) is 1. The Bertz CT molecular complexity index is 296. The van der Waals surface area contributed by atoms with E-state index >= 15 is 0 Å². The van der Waals surface area contributed by atoms with Crippen LogP contribution in [0.25, 0.3) is 0 Å². The van der Waals surface area contributed by atoms with E-state index < -0.39 is 5.92 Å². The van der Waals surface area contributed by atoms with Crippen LogP contribution in [0.1, 0.15) is 51.4 Å². The molecule has 3 fully saturated rings. The molecular formula is C14H22BrF2N. The van der Waals surface area contributed by atoms with Crippen molar-refractivity contribution >= 4 is 15.9 Å². The van der Waals surface area contributed by atoms with Crippen LogP contribution in [0, 0.1) is 5.92 Å². The minimum Gasteiger partial charge on any atom is -0.297 e. The monoisotopic (exact) mass is 321 g/mol. The summed E-state index contributed by atoms with van der Waals surface area (Å²) in [5, 5.41) is 0. The van der Waals surface area contributed by atoms with Crippen LogP contribution in [0.15, 0.2) is 0 Å². The molecule has 0 aromatic carbocycles. The van der Waals surface area contributed by atoms with Crippen molar-refractivity contribution in [2.75, 3.05) is 6.54 Å². The summed E-state index contributed by atoms with van der Waals surface area (Å²) in [7, 11) is 0. The lowest BCUT2D eigenvalue weighted by molar-refractivity contribution is -0.0602. The van der Waals surface area contributed by atoms with Crippen molar-refractivity contribution in [2.45, 2.75) is 74.2 Å². The van der Waals surface area contributed by atoms with Gasteiger partial charge in [-0.25, -0.2) is 8.78 Å². The van der Waals surface area contributed by atoms with E-state index in [0.29, 0.717) is 23.3 Å². The summed E-state index contributed by atoms with van der Waals surface area (Å²) in [5.74, 6) is -2.17. The number of halogens is 3. The highest BCUT2D eigenvalue weighted by molar-refractivity contribution is 9.09. The Morgan fingerprint density at radius 1 is 1.11 bits per heavy atom. The van der Waals surface area contributed by atoms with E-state index in [-0.39, 0.29) is 18.8 Å². The standard InChI is InChI=1S/C14H22BrF2N/c15-11-6-12-3-4-13(7-11)18(12)9-10-2-1-5-14(16,17)8-10/h10-13H,1-9H2. The zero-order chi connectivity index (χ0) is 12.8. The molecule has 1 aliphatic carbocycles. The van der Waals surface area contributed by atoms with E-state index in [1.807, 2.05) is 0 Å². The maximum absolute atomic E-state index is 13.5. The Kier molecular flexibility index (Phi) is 3.70. The fraction of sp³-hybridized carbons (Fsp3) is 1.00. The second-order valence-corrected chi connectivity index (χ2v) is 7.76. The third kappa shape index (κ3) is 2.74. The van der Waals surface area contributed by atoms with Gasteiger partial charge >= 0.3 is 0 Å². The minimum absolute atomic E-state index is 0.111. The molecule has 1 nitrogen and oxygen atoms in total. The molecule has 18 heavy (non-hydrogen) atoms. The summed E-state index contributed by atoms with van der Waals surface area (Å²) in [4.78, 5) is 3.21. The molecular weight excluding hydrogens is 300 g/mol. The third-order valence-corrected chi connectivity index (χ3v) is 5.79. The largest absolute Gasteiger partial charge is 0.297 e. The van der Waals surface area contributed by atoms with E-state index in [0.717, 1.165) is 13.0 Å². The molecule has 3 aliphatic rings. The van der Waals surface area contributed by atoms with E-state index in [4.69, 9.17) is 0 Å². The number of rotatable bonds is 2. The van der Waals surface area contributed by atoms with Crippen LogP contribution in [0.3, 0.4) is 0 Å². The topological polar surface area (TPSA) is 3.24 Å². The lowest BCUT2D eigenvalue weighted by Crippen LogP contribution is -2.46. The Morgan fingerprint density at radius 3 is 2.39 bits per heavy atom. The summed E-state index contributed by atoms with van der Waals surface area (Å²) in [6.07, 6.45) is 6.91. The average Bonchev–Trinajstić information content (AvgIpc) is 2.53. The van der Waals surface area contributed by atoms with Gasteiger partial charge in [-0.3, -0.25) is 4.90 Å². The molecule has 1 saturated carbocycles. The molecule has 2 saturated heterocycles. The van der Waals surface area contributed by atoms with Gasteiger partial charge in [0.05, 0.1) is 0 Å². The van der Waals surface area contributed by atoms with Crippen LogP contribution in [0.5, 0.6) is 0 Å². The molecule has 0 radical (unpaired) electrons. The van der Waals surface area contributed by atoms with Gasteiger partial charge in [0, 0.05) is 36.3 Å². The van der Waals surface area contributed by atoms with Crippen molar-refractivity contribution in [3.63, 3.8) is 0 Å². The second kappa shape index (κ2) is 5.01. The highest BCUT2D eigenvalue weighted by Gasteiger charge is 2.43. The summed E-state index contributed by atoms with van der Waals surface area (Å²) in [6.45, 7) is 0.921. The highest BCUT2D eigenvalue weighted by atomic mass is 79.9. The van der Waals surface area contributed by atoms with Crippen molar-refractivity contribution in [3.05, 3.63) is 0 Å². The highest BCUT2D eigenvalue weighted by Crippen LogP contribution is 2.42. The molecule has 0 aromatic heterocycles. The summed E-state index contributed by atoms with van der Waals surface area (Å²) in [6, 6.07) is 1.31. The normalized spacial score (nSPS) is 44.2. The first-order valence-corrected chi connectivity index (χ1v) is 8.23. The molecule has 3 atom stereocenters. The zero-order valence-corrected chi connectivity index (χ0v) is 12.3. The molecule has 2 aliphatic heterocycles. The van der Waals surface area contributed by atoms with Gasteiger partial charge in [0.1, 0.15) is 0 Å². The molecule has 104 valence electrons. The molecule has 2 bridgehead atoms. The number of hydrogen-bond donors (Lipinski definition) is 0. The smallest absolute Gasteiger partial charge is 0.248 e. The molecule has 3 rings (SSSR count). The summed E-state index contributed by atoms with van der Waals surface area (Å²) < 4.78 is 26.9. The molecule has 2 heterocycles. The quantitative estimate of drug-likeness (QED) is 0.689. The predicted octanol–water partition coefficient (Wildman–Crippen LogP) is 4.20. The molecule has 4 heteroatoms. The molecule has 0 spiro atoms. The van der Waals surface area contributed by atoms with Crippen LogP contribution in [0.4, 0.5) is 8.78 Å². The Labute approximate surface area is 116 Å². The Morgan fingerprint density at radius 2 is 1.78 bits per heavy atom. The van der Waals surface area contributed by atoms with Crippen molar-refractivity contribution in [3.8, 4) is 0 Å². The van der Waals surface area contributed by atoms with E-state index in [9.17, 15) is 8.78 Å². The van der Waals surface area contributed by atoms with E-state index in [1.165, 1.54) is 25.7 Å². The predicted molar refractivity (Wildman–Crippen MR) is 72.4 cm³/mol. The average molecular weight is 322 g/mol. The van der Waals surface area contributed by atoms with Crippen molar-refractivity contribution in [1.82, 2.24) is 4.90 Å². The zero-order valence-electron chi connectivity index (χ0n) is 10.8. The number of piperidine rings is 1. The third-order valence-electron chi connectivity index (χ3n) is 5.04. The van der Waals surface area contributed by atoms with Gasteiger partial charge in [-0.2, -0.15) is 0 Å². The SMILES string of the molecule is FC1(F)CCCC(CN2C3CCC2CC(Br)C3)C1. The first-order chi connectivity index (χ1) is 8.53. The fourth-order valence-corrected chi connectivity index (χ4v) is 5.10. The maximum Gasteiger partial charge on any atom is 0.248 e. The first-order valence-electron chi connectivity index (χ1n) is 7.31. The van der Waals surface area contributed by atoms with E-state index in [2.05, 4.69) is 20.8 Å². The second-order valence-electron chi connectivity index (χ2n) is 6.47.